The molecule has 0 atom stereocenters. The van der Waals surface area contributed by atoms with Crippen molar-refractivity contribution in [3.05, 3.63) is 120 Å². The number of benzene rings is 4. The molecule has 0 fully saturated rings. The fourth-order valence-corrected chi connectivity index (χ4v) is 5.88. The zero-order valence-electron chi connectivity index (χ0n) is 22.3. The van der Waals surface area contributed by atoms with Gasteiger partial charge in [0.2, 0.25) is 5.13 Å². The van der Waals surface area contributed by atoms with Gasteiger partial charge < -0.3 is 4.74 Å². The molecule has 0 radical (unpaired) electrons. The van der Waals surface area contributed by atoms with Crippen LogP contribution in [0, 0.1) is 6.92 Å². The molecule has 7 rings (SSSR count). The van der Waals surface area contributed by atoms with Crippen molar-refractivity contribution in [1.29, 1.82) is 0 Å². The molecule has 0 aliphatic carbocycles. The minimum absolute atomic E-state index is 0.675. The molecule has 8 heteroatoms. The Morgan fingerprint density at radius 2 is 1.56 bits per heavy atom. The molecule has 4 aromatic carbocycles. The highest BCUT2D eigenvalue weighted by atomic mass is 35.5. The Morgan fingerprint density at radius 3 is 2.32 bits per heavy atom. The molecular formula is C33H24ClN5OS. The lowest BCUT2D eigenvalue weighted by atomic mass is 10.0. The van der Waals surface area contributed by atoms with Gasteiger partial charge in [-0.25, -0.2) is 14.3 Å². The van der Waals surface area contributed by atoms with Crippen LogP contribution in [0.25, 0.3) is 54.8 Å². The molecule has 6 nitrogen and oxygen atoms in total. The van der Waals surface area contributed by atoms with E-state index in [1.807, 2.05) is 82.2 Å². The molecule has 0 amide bonds. The normalized spacial score (nSPS) is 11.3. The molecule has 0 aliphatic rings. The van der Waals surface area contributed by atoms with Crippen LogP contribution in [0.1, 0.15) is 5.56 Å². The predicted molar refractivity (Wildman–Crippen MR) is 166 cm³/mol. The summed E-state index contributed by atoms with van der Waals surface area (Å²) in [5, 5.41) is 11.6. The molecule has 41 heavy (non-hydrogen) atoms. The molecular weight excluding hydrogens is 550 g/mol. The van der Waals surface area contributed by atoms with Crippen LogP contribution >= 0.6 is 22.9 Å². The van der Waals surface area contributed by atoms with E-state index in [0.29, 0.717) is 5.02 Å². The molecule has 0 unspecified atom stereocenters. The van der Waals surface area contributed by atoms with Crippen molar-refractivity contribution in [3.8, 4) is 50.3 Å². The summed E-state index contributed by atoms with van der Waals surface area (Å²) in [5.41, 5.74) is 8.53. The van der Waals surface area contributed by atoms with Crippen LogP contribution in [0.5, 0.6) is 5.75 Å². The molecule has 3 aromatic heterocycles. The minimum atomic E-state index is 0.675. The van der Waals surface area contributed by atoms with Gasteiger partial charge in [0.05, 0.1) is 34.4 Å². The van der Waals surface area contributed by atoms with Gasteiger partial charge in [0, 0.05) is 27.9 Å². The van der Waals surface area contributed by atoms with Gasteiger partial charge >= 0.3 is 0 Å². The summed E-state index contributed by atoms with van der Waals surface area (Å²) >= 11 is 7.82. The Morgan fingerprint density at radius 1 is 0.805 bits per heavy atom. The summed E-state index contributed by atoms with van der Waals surface area (Å²) in [6.45, 7) is 2.08. The van der Waals surface area contributed by atoms with Crippen LogP contribution < -0.4 is 4.74 Å². The third-order valence-electron chi connectivity index (χ3n) is 6.95. The standard InChI is InChI=1S/C33H24ClN5OS/c1-21-8-10-22(11-9-21)29-19-30(39(36-29)33-35-28-17-16-26(40-2)18-31(28)41-33)27-20-38(25-6-4-3-5-7-25)37-32(27)23-12-14-24(34)15-13-23/h3-20H,1-2H3. The van der Waals surface area contributed by atoms with Crippen LogP contribution in [0.4, 0.5) is 0 Å². The number of aromatic nitrogens is 5. The lowest BCUT2D eigenvalue weighted by Gasteiger charge is -2.05. The van der Waals surface area contributed by atoms with Crippen LogP contribution in [0.15, 0.2) is 109 Å². The molecule has 0 bridgehead atoms. The van der Waals surface area contributed by atoms with Crippen LogP contribution in [0.3, 0.4) is 0 Å². The van der Waals surface area contributed by atoms with E-state index in [0.717, 1.165) is 60.6 Å². The number of halogens is 1. The number of aryl methyl sites for hydroxylation is 1. The number of ether oxygens (including phenoxy) is 1. The van der Waals surface area contributed by atoms with E-state index in [1.54, 1.807) is 18.4 Å². The first kappa shape index (κ1) is 25.3. The number of para-hydroxylation sites is 1. The van der Waals surface area contributed by atoms with E-state index in [2.05, 4.69) is 43.5 Å². The highest BCUT2D eigenvalue weighted by molar-refractivity contribution is 7.20. The Hall–Kier alpha value is -4.72. The Balaban J connectivity index is 1.47. The highest BCUT2D eigenvalue weighted by Gasteiger charge is 2.22. The van der Waals surface area contributed by atoms with E-state index in [9.17, 15) is 0 Å². The van der Waals surface area contributed by atoms with Crippen LogP contribution in [-0.2, 0) is 0 Å². The minimum Gasteiger partial charge on any atom is -0.497 e. The van der Waals surface area contributed by atoms with Crippen molar-refractivity contribution in [2.75, 3.05) is 7.11 Å². The van der Waals surface area contributed by atoms with Gasteiger partial charge in [-0.15, -0.1) is 0 Å². The number of methoxy groups -OCH3 is 1. The summed E-state index contributed by atoms with van der Waals surface area (Å²) in [6.07, 6.45) is 2.06. The number of fused-ring (bicyclic) bond motifs is 1. The van der Waals surface area contributed by atoms with Crippen molar-refractivity contribution >= 4 is 33.2 Å². The largest absolute Gasteiger partial charge is 0.497 e. The van der Waals surface area contributed by atoms with E-state index in [-0.39, 0.29) is 0 Å². The van der Waals surface area contributed by atoms with Gasteiger partial charge in [0.25, 0.3) is 0 Å². The van der Waals surface area contributed by atoms with E-state index in [4.69, 9.17) is 31.5 Å². The van der Waals surface area contributed by atoms with E-state index >= 15 is 0 Å². The summed E-state index contributed by atoms with van der Waals surface area (Å²) in [6, 6.07) is 34.3. The maximum Gasteiger partial charge on any atom is 0.212 e. The molecule has 200 valence electrons. The second-order valence-electron chi connectivity index (χ2n) is 9.70. The smallest absolute Gasteiger partial charge is 0.212 e. The van der Waals surface area contributed by atoms with Gasteiger partial charge in [-0.3, -0.25) is 0 Å². The fourth-order valence-electron chi connectivity index (χ4n) is 4.79. The molecule has 0 aliphatic heterocycles. The number of rotatable bonds is 6. The first-order valence-electron chi connectivity index (χ1n) is 13.1. The van der Waals surface area contributed by atoms with Crippen molar-refractivity contribution < 1.29 is 4.74 Å². The number of thiazole rings is 1. The van der Waals surface area contributed by atoms with Crippen LogP contribution in [-0.4, -0.2) is 31.7 Å². The van der Waals surface area contributed by atoms with Crippen molar-refractivity contribution in [2.45, 2.75) is 6.92 Å². The second-order valence-corrected chi connectivity index (χ2v) is 11.1. The highest BCUT2D eigenvalue weighted by Crippen LogP contribution is 2.38. The van der Waals surface area contributed by atoms with Crippen LogP contribution in [0.2, 0.25) is 5.02 Å². The second kappa shape index (κ2) is 10.4. The summed E-state index contributed by atoms with van der Waals surface area (Å²) in [4.78, 5) is 4.96. The van der Waals surface area contributed by atoms with Crippen molar-refractivity contribution in [3.63, 3.8) is 0 Å². The van der Waals surface area contributed by atoms with Gasteiger partial charge in [0.15, 0.2) is 0 Å². The molecule has 0 N–H and O–H groups in total. The molecule has 0 spiro atoms. The average Bonchev–Trinajstić information content (AvgIpc) is 3.74. The maximum absolute atomic E-state index is 6.25. The topological polar surface area (TPSA) is 57.8 Å². The predicted octanol–water partition coefficient (Wildman–Crippen LogP) is 8.64. The lowest BCUT2D eigenvalue weighted by Crippen LogP contribution is -1.99. The first-order chi connectivity index (χ1) is 20.1. The van der Waals surface area contributed by atoms with Gasteiger partial charge in [-0.2, -0.15) is 10.2 Å². The van der Waals surface area contributed by atoms with E-state index < -0.39 is 0 Å². The zero-order valence-corrected chi connectivity index (χ0v) is 23.9. The molecule has 0 saturated carbocycles. The Bertz CT molecular complexity index is 1990. The lowest BCUT2D eigenvalue weighted by molar-refractivity contribution is 0.415. The quantitative estimate of drug-likeness (QED) is 0.200. The van der Waals surface area contributed by atoms with Crippen molar-refractivity contribution in [1.82, 2.24) is 24.5 Å². The third kappa shape index (κ3) is 4.79. The van der Waals surface area contributed by atoms with Gasteiger partial charge in [0.1, 0.15) is 11.4 Å². The number of hydrogen-bond acceptors (Lipinski definition) is 5. The van der Waals surface area contributed by atoms with Gasteiger partial charge in [-0.05, 0) is 55.5 Å². The maximum atomic E-state index is 6.25. The summed E-state index contributed by atoms with van der Waals surface area (Å²) in [5.74, 6) is 0.794. The average molecular weight is 574 g/mol. The van der Waals surface area contributed by atoms with Crippen molar-refractivity contribution in [2.24, 2.45) is 0 Å². The van der Waals surface area contributed by atoms with Gasteiger partial charge in [-0.1, -0.05) is 83.1 Å². The Labute approximate surface area is 246 Å². The number of hydrogen-bond donors (Lipinski definition) is 0. The monoisotopic (exact) mass is 573 g/mol. The molecule has 3 heterocycles. The number of nitrogens with zero attached hydrogens (tertiary/aromatic N) is 5. The molecule has 0 saturated heterocycles. The third-order valence-corrected chi connectivity index (χ3v) is 8.20. The molecule has 7 aromatic rings. The zero-order chi connectivity index (χ0) is 27.9. The van der Waals surface area contributed by atoms with E-state index in [1.165, 1.54) is 5.56 Å². The first-order valence-corrected chi connectivity index (χ1v) is 14.3. The summed E-state index contributed by atoms with van der Waals surface area (Å²) in [7, 11) is 1.67. The summed E-state index contributed by atoms with van der Waals surface area (Å²) < 4.78 is 10.3. The SMILES string of the molecule is COc1ccc2nc(-n3nc(-c4ccc(C)cc4)cc3-c3cn(-c4ccccc4)nc3-c3ccc(Cl)cc3)sc2c1. The fraction of sp³-hybridized carbons (Fsp3) is 0.0606. The Kier molecular flexibility index (Phi) is 6.38.